The van der Waals surface area contributed by atoms with E-state index in [1.165, 1.54) is 0 Å². The maximum Gasteiger partial charge on any atom is 0.306 e. The van der Waals surface area contributed by atoms with Crippen molar-refractivity contribution in [2.24, 2.45) is 5.92 Å². The Morgan fingerprint density at radius 1 is 1.00 bits per heavy atom. The van der Waals surface area contributed by atoms with Gasteiger partial charge in [-0.1, -0.05) is 56.3 Å². The molecule has 2 atom stereocenters. The summed E-state index contributed by atoms with van der Waals surface area (Å²) in [5, 5.41) is 11.8. The molecule has 2 aromatic rings. The second-order valence-electron chi connectivity index (χ2n) is 6.20. The predicted molar refractivity (Wildman–Crippen MR) is 95.0 cm³/mol. The van der Waals surface area contributed by atoms with E-state index in [0.29, 0.717) is 12.8 Å². The van der Waals surface area contributed by atoms with E-state index < -0.39 is 11.9 Å². The topological polar surface area (TPSA) is 66.4 Å². The van der Waals surface area contributed by atoms with Crippen LogP contribution >= 0.6 is 0 Å². The Balaban J connectivity index is 1.89. The molecule has 0 aliphatic carbocycles. The van der Waals surface area contributed by atoms with Gasteiger partial charge in [-0.25, -0.2) is 0 Å². The number of carbonyl (C=O) groups excluding carboxylic acids is 1. The fourth-order valence-electron chi connectivity index (χ4n) is 2.55. The van der Waals surface area contributed by atoms with Crippen molar-refractivity contribution in [2.45, 2.75) is 32.6 Å². The summed E-state index contributed by atoms with van der Waals surface area (Å²) in [4.78, 5) is 23.0. The van der Waals surface area contributed by atoms with Gasteiger partial charge in [0, 0.05) is 12.1 Å². The molecule has 24 heavy (non-hydrogen) atoms. The number of hydrogen-bond acceptors (Lipinski definition) is 2. The molecule has 0 bridgehead atoms. The summed E-state index contributed by atoms with van der Waals surface area (Å²) in [5.41, 5.74) is 2.82. The maximum absolute atomic E-state index is 12.2. The third-order valence-electron chi connectivity index (χ3n) is 4.06. The number of benzene rings is 2. The van der Waals surface area contributed by atoms with Gasteiger partial charge >= 0.3 is 5.97 Å². The zero-order valence-corrected chi connectivity index (χ0v) is 14.0. The summed E-state index contributed by atoms with van der Waals surface area (Å²) in [6.45, 7) is 3.72. The van der Waals surface area contributed by atoms with Crippen molar-refractivity contribution in [1.29, 1.82) is 0 Å². The first-order valence-corrected chi connectivity index (χ1v) is 8.12. The second kappa shape index (κ2) is 8.29. The van der Waals surface area contributed by atoms with Gasteiger partial charge < -0.3 is 10.4 Å². The molecular weight excluding hydrogens is 302 g/mol. The van der Waals surface area contributed by atoms with E-state index in [-0.39, 0.29) is 11.8 Å². The van der Waals surface area contributed by atoms with Crippen molar-refractivity contribution in [3.05, 3.63) is 65.7 Å². The van der Waals surface area contributed by atoms with Crippen LogP contribution in [0.1, 0.15) is 37.3 Å². The Morgan fingerprint density at radius 2 is 1.62 bits per heavy atom. The number of anilines is 1. The molecule has 0 fully saturated rings. The van der Waals surface area contributed by atoms with E-state index >= 15 is 0 Å². The summed E-state index contributed by atoms with van der Waals surface area (Å²) >= 11 is 0. The van der Waals surface area contributed by atoms with Gasteiger partial charge in [-0.2, -0.15) is 0 Å². The summed E-state index contributed by atoms with van der Waals surface area (Å²) < 4.78 is 0. The van der Waals surface area contributed by atoms with Crippen LogP contribution < -0.4 is 5.32 Å². The number of hydrogen-bond donors (Lipinski definition) is 2. The Labute approximate surface area is 142 Å². The molecule has 2 aromatic carbocycles. The van der Waals surface area contributed by atoms with Crippen LogP contribution in [0.5, 0.6) is 0 Å². The zero-order chi connectivity index (χ0) is 17.5. The predicted octanol–water partition coefficient (Wildman–Crippen LogP) is 4.08. The van der Waals surface area contributed by atoms with Gasteiger partial charge in [0.2, 0.25) is 5.91 Å². The standard InChI is InChI=1S/C20H23NO3/c1-14(17-6-4-3-5-7-17)13-19(22)21-18-10-8-16(9-11-18)12-15(2)20(23)24/h3-11,14-15H,12-13H2,1-2H3,(H,21,22)(H,23,24). The molecule has 0 saturated heterocycles. The Hall–Kier alpha value is -2.62. The molecule has 2 rings (SSSR count). The average Bonchev–Trinajstić information content (AvgIpc) is 2.57. The molecule has 0 heterocycles. The molecule has 0 aliphatic rings. The van der Waals surface area contributed by atoms with Crippen LogP contribution in [0, 0.1) is 5.92 Å². The number of rotatable bonds is 7. The van der Waals surface area contributed by atoms with Crippen molar-refractivity contribution in [1.82, 2.24) is 0 Å². The maximum atomic E-state index is 12.2. The van der Waals surface area contributed by atoms with Gasteiger partial charge in [-0.15, -0.1) is 0 Å². The highest BCUT2D eigenvalue weighted by Crippen LogP contribution is 2.20. The molecule has 0 spiro atoms. The number of nitrogens with one attached hydrogen (secondary N) is 1. The van der Waals surface area contributed by atoms with E-state index in [9.17, 15) is 9.59 Å². The van der Waals surface area contributed by atoms with Crippen LogP contribution in [0.25, 0.3) is 0 Å². The van der Waals surface area contributed by atoms with Gasteiger partial charge in [-0.3, -0.25) is 9.59 Å². The highest BCUT2D eigenvalue weighted by atomic mass is 16.4. The summed E-state index contributed by atoms with van der Waals surface area (Å²) in [5.74, 6) is -1.10. The highest BCUT2D eigenvalue weighted by molar-refractivity contribution is 5.91. The van der Waals surface area contributed by atoms with Crippen molar-refractivity contribution >= 4 is 17.6 Å². The largest absolute Gasteiger partial charge is 0.481 e. The average molecular weight is 325 g/mol. The van der Waals surface area contributed by atoms with Crippen molar-refractivity contribution in [2.75, 3.05) is 5.32 Å². The second-order valence-corrected chi connectivity index (χ2v) is 6.20. The minimum atomic E-state index is -0.803. The first-order chi connectivity index (χ1) is 11.5. The van der Waals surface area contributed by atoms with E-state index in [1.54, 1.807) is 6.92 Å². The molecule has 126 valence electrons. The fraction of sp³-hybridized carbons (Fsp3) is 0.300. The number of carbonyl (C=O) groups is 2. The van der Waals surface area contributed by atoms with Gasteiger partial charge in [0.25, 0.3) is 0 Å². The SMILES string of the molecule is CC(Cc1ccc(NC(=O)CC(C)c2ccccc2)cc1)C(=O)O. The van der Waals surface area contributed by atoms with E-state index in [2.05, 4.69) is 5.32 Å². The van der Waals surface area contributed by atoms with Crippen LogP contribution in [-0.2, 0) is 16.0 Å². The minimum absolute atomic E-state index is 0.0296. The summed E-state index contributed by atoms with van der Waals surface area (Å²) in [7, 11) is 0. The number of amides is 1. The molecule has 2 N–H and O–H groups in total. The molecule has 0 radical (unpaired) electrons. The quantitative estimate of drug-likeness (QED) is 0.806. The van der Waals surface area contributed by atoms with Crippen LogP contribution in [0.15, 0.2) is 54.6 Å². The lowest BCUT2D eigenvalue weighted by Crippen LogP contribution is -2.15. The van der Waals surface area contributed by atoms with Crippen molar-refractivity contribution in [3.8, 4) is 0 Å². The summed E-state index contributed by atoms with van der Waals surface area (Å²) in [6.07, 6.45) is 0.899. The molecule has 0 saturated carbocycles. The lowest BCUT2D eigenvalue weighted by atomic mass is 9.97. The summed E-state index contributed by atoms with van der Waals surface area (Å²) in [6, 6.07) is 17.3. The monoisotopic (exact) mass is 325 g/mol. The van der Waals surface area contributed by atoms with Crippen LogP contribution in [-0.4, -0.2) is 17.0 Å². The highest BCUT2D eigenvalue weighted by Gasteiger charge is 2.13. The first-order valence-electron chi connectivity index (χ1n) is 8.12. The Bertz CT molecular complexity index is 680. The number of aliphatic carboxylic acids is 1. The molecular formula is C20H23NO3. The normalized spacial score (nSPS) is 13.1. The smallest absolute Gasteiger partial charge is 0.306 e. The fourth-order valence-corrected chi connectivity index (χ4v) is 2.55. The molecule has 1 amide bonds. The van der Waals surface area contributed by atoms with Crippen LogP contribution in [0.2, 0.25) is 0 Å². The van der Waals surface area contributed by atoms with Crippen molar-refractivity contribution in [3.63, 3.8) is 0 Å². The van der Waals surface area contributed by atoms with Gasteiger partial charge in [0.05, 0.1) is 5.92 Å². The Kier molecular flexibility index (Phi) is 6.13. The number of carboxylic acids is 1. The Morgan fingerprint density at radius 3 is 2.21 bits per heavy atom. The van der Waals surface area contributed by atoms with Crippen LogP contribution in [0.3, 0.4) is 0 Å². The van der Waals surface area contributed by atoms with E-state index in [0.717, 1.165) is 16.8 Å². The van der Waals surface area contributed by atoms with Crippen LogP contribution in [0.4, 0.5) is 5.69 Å². The number of carboxylic acid groups (broad SMARTS) is 1. The lowest BCUT2D eigenvalue weighted by molar-refractivity contribution is -0.141. The lowest BCUT2D eigenvalue weighted by Gasteiger charge is -2.12. The zero-order valence-electron chi connectivity index (χ0n) is 14.0. The molecule has 4 nitrogen and oxygen atoms in total. The van der Waals surface area contributed by atoms with E-state index in [1.807, 2.05) is 61.5 Å². The van der Waals surface area contributed by atoms with Gasteiger partial charge in [0.15, 0.2) is 0 Å². The molecule has 4 heteroatoms. The molecule has 0 aromatic heterocycles. The first kappa shape index (κ1) is 17.7. The van der Waals surface area contributed by atoms with Crippen molar-refractivity contribution < 1.29 is 14.7 Å². The van der Waals surface area contributed by atoms with E-state index in [4.69, 9.17) is 5.11 Å². The van der Waals surface area contributed by atoms with Gasteiger partial charge in [0.1, 0.15) is 0 Å². The van der Waals surface area contributed by atoms with Gasteiger partial charge in [-0.05, 0) is 35.6 Å². The molecule has 0 aliphatic heterocycles. The third kappa shape index (κ3) is 5.23. The minimum Gasteiger partial charge on any atom is -0.481 e. The molecule has 2 unspecified atom stereocenters. The third-order valence-corrected chi connectivity index (χ3v) is 4.06.